The van der Waals surface area contributed by atoms with Crippen molar-refractivity contribution in [1.82, 2.24) is 4.68 Å². The summed E-state index contributed by atoms with van der Waals surface area (Å²) < 4.78 is 8.41. The first-order chi connectivity index (χ1) is 14.3. The van der Waals surface area contributed by atoms with Gasteiger partial charge in [-0.2, -0.15) is 0 Å². The third-order valence-corrected chi connectivity index (χ3v) is 5.49. The molecule has 0 spiro atoms. The van der Waals surface area contributed by atoms with E-state index in [1.54, 1.807) is 6.08 Å². The predicted molar refractivity (Wildman–Crippen MR) is 120 cm³/mol. The van der Waals surface area contributed by atoms with Crippen LogP contribution in [0, 0.1) is 5.41 Å². The molecule has 0 saturated carbocycles. The van der Waals surface area contributed by atoms with Gasteiger partial charge in [-0.1, -0.05) is 54.6 Å². The molecule has 3 aromatic carbocycles. The van der Waals surface area contributed by atoms with E-state index in [4.69, 9.17) is 9.83 Å². The summed E-state index contributed by atoms with van der Waals surface area (Å²) in [7, 11) is 0. The Labute approximate surface area is 166 Å². The lowest BCUT2D eigenvalue weighted by molar-refractivity contribution is 0.664. The monoisotopic (exact) mass is 375 g/mol. The van der Waals surface area contributed by atoms with Gasteiger partial charge in [-0.3, -0.25) is 4.68 Å². The Morgan fingerprint density at radius 2 is 1.48 bits per heavy atom. The van der Waals surface area contributed by atoms with Crippen molar-refractivity contribution in [2.24, 2.45) is 0 Å². The molecular formula is C25H17N3O. The minimum atomic E-state index is 0.487. The van der Waals surface area contributed by atoms with Crippen LogP contribution in [0.1, 0.15) is 0 Å². The van der Waals surface area contributed by atoms with Crippen LogP contribution in [-0.2, 0) is 0 Å². The number of fused-ring (bicyclic) bond motifs is 2. The average molecular weight is 375 g/mol. The fourth-order valence-electron chi connectivity index (χ4n) is 4.18. The Bertz CT molecular complexity index is 1540. The maximum atomic E-state index is 8.11. The van der Waals surface area contributed by atoms with Crippen molar-refractivity contribution >= 4 is 49.5 Å². The third kappa shape index (κ3) is 2.29. The van der Waals surface area contributed by atoms with Crippen LogP contribution in [0.2, 0.25) is 0 Å². The highest BCUT2D eigenvalue weighted by atomic mass is 16.3. The molecule has 0 amide bonds. The Hall–Kier alpha value is -4.05. The molecule has 4 heteroatoms. The molecule has 2 N–H and O–H groups in total. The van der Waals surface area contributed by atoms with E-state index in [0.717, 1.165) is 43.9 Å². The topological polar surface area (TPSA) is 54.0 Å². The van der Waals surface area contributed by atoms with Crippen LogP contribution >= 0.6 is 0 Å². The van der Waals surface area contributed by atoms with Gasteiger partial charge in [0.1, 0.15) is 11.2 Å². The number of hydrogen-bond acceptors (Lipinski definition) is 3. The molecule has 0 fully saturated rings. The molecule has 2 aromatic heterocycles. The number of nitrogens with zero attached hydrogens (tertiary/aromatic N) is 1. The largest absolute Gasteiger partial charge is 0.456 e. The quantitative estimate of drug-likeness (QED) is 0.382. The van der Waals surface area contributed by atoms with Crippen LogP contribution in [0.5, 0.6) is 0 Å². The van der Waals surface area contributed by atoms with Crippen molar-refractivity contribution in [3.8, 4) is 0 Å². The highest BCUT2D eigenvalue weighted by Crippen LogP contribution is 2.38. The second kappa shape index (κ2) is 5.97. The smallest absolute Gasteiger partial charge is 0.137 e. The molecular weight excluding hydrogens is 358 g/mol. The van der Waals surface area contributed by atoms with Gasteiger partial charge in [0.15, 0.2) is 0 Å². The van der Waals surface area contributed by atoms with Crippen molar-refractivity contribution in [1.29, 1.82) is 5.41 Å². The lowest BCUT2D eigenvalue weighted by atomic mass is 10.1. The SMILES string of the molecule is N=C1C=CC=C/C1=C/Nn1c2cccc3oc4ccccc4c4cccc1c4c32. The van der Waals surface area contributed by atoms with Gasteiger partial charge in [0.25, 0.3) is 0 Å². The molecule has 0 aliphatic heterocycles. The Balaban J connectivity index is 1.72. The molecule has 138 valence electrons. The van der Waals surface area contributed by atoms with Crippen LogP contribution in [0.3, 0.4) is 0 Å². The molecule has 0 radical (unpaired) electrons. The first-order valence-electron chi connectivity index (χ1n) is 9.55. The number of benzene rings is 3. The van der Waals surface area contributed by atoms with Crippen LogP contribution in [0.15, 0.2) is 101 Å². The van der Waals surface area contributed by atoms with Gasteiger partial charge in [-0.15, -0.1) is 0 Å². The fraction of sp³-hybridized carbons (Fsp3) is 0. The van der Waals surface area contributed by atoms with Gasteiger partial charge in [-0.25, -0.2) is 0 Å². The maximum absolute atomic E-state index is 8.11. The van der Waals surface area contributed by atoms with E-state index < -0.39 is 0 Å². The molecule has 0 unspecified atom stereocenters. The van der Waals surface area contributed by atoms with E-state index >= 15 is 0 Å². The van der Waals surface area contributed by atoms with E-state index in [2.05, 4.69) is 40.4 Å². The number of allylic oxidation sites excluding steroid dienone is 5. The fourth-order valence-corrected chi connectivity index (χ4v) is 4.18. The molecule has 0 bridgehead atoms. The molecule has 4 nitrogen and oxygen atoms in total. The Morgan fingerprint density at radius 1 is 0.759 bits per heavy atom. The molecule has 2 heterocycles. The lowest BCUT2D eigenvalue weighted by Gasteiger charge is -2.10. The molecule has 29 heavy (non-hydrogen) atoms. The van der Waals surface area contributed by atoms with Crippen LogP contribution in [0.25, 0.3) is 43.7 Å². The normalized spacial score (nSPS) is 15.4. The van der Waals surface area contributed by atoms with Crippen LogP contribution in [0.4, 0.5) is 0 Å². The van der Waals surface area contributed by atoms with Crippen molar-refractivity contribution in [3.63, 3.8) is 0 Å². The van der Waals surface area contributed by atoms with Crippen molar-refractivity contribution in [3.05, 3.63) is 96.7 Å². The lowest BCUT2D eigenvalue weighted by Crippen LogP contribution is -2.10. The zero-order valence-electron chi connectivity index (χ0n) is 15.5. The van der Waals surface area contributed by atoms with Gasteiger partial charge in [-0.05, 0) is 35.7 Å². The minimum absolute atomic E-state index is 0.487. The molecule has 5 aromatic rings. The first kappa shape index (κ1) is 16.0. The van der Waals surface area contributed by atoms with E-state index in [0.29, 0.717) is 5.71 Å². The maximum Gasteiger partial charge on any atom is 0.137 e. The number of rotatable bonds is 2. The minimum Gasteiger partial charge on any atom is -0.456 e. The van der Waals surface area contributed by atoms with E-state index in [1.165, 1.54) is 5.39 Å². The van der Waals surface area contributed by atoms with E-state index in [9.17, 15) is 0 Å². The second-order valence-electron chi connectivity index (χ2n) is 7.14. The zero-order valence-corrected chi connectivity index (χ0v) is 15.5. The molecule has 6 rings (SSSR count). The second-order valence-corrected chi connectivity index (χ2v) is 7.14. The molecule has 1 aliphatic carbocycles. The highest BCUT2D eigenvalue weighted by molar-refractivity contribution is 6.26. The van der Waals surface area contributed by atoms with Crippen LogP contribution in [-0.4, -0.2) is 10.4 Å². The van der Waals surface area contributed by atoms with Gasteiger partial charge < -0.3 is 15.3 Å². The average Bonchev–Trinajstić information content (AvgIpc) is 2.99. The van der Waals surface area contributed by atoms with Gasteiger partial charge >= 0.3 is 0 Å². The van der Waals surface area contributed by atoms with Crippen molar-refractivity contribution in [2.75, 3.05) is 5.43 Å². The summed E-state index contributed by atoms with van der Waals surface area (Å²) in [5.41, 5.74) is 8.57. The van der Waals surface area contributed by atoms with Gasteiger partial charge in [0.2, 0.25) is 0 Å². The number of nitrogens with one attached hydrogen (secondary N) is 2. The Morgan fingerprint density at radius 3 is 2.38 bits per heavy atom. The first-order valence-corrected chi connectivity index (χ1v) is 9.55. The van der Waals surface area contributed by atoms with Crippen molar-refractivity contribution in [2.45, 2.75) is 0 Å². The zero-order chi connectivity index (χ0) is 19.4. The molecule has 0 saturated heterocycles. The summed E-state index contributed by atoms with van der Waals surface area (Å²) in [4.78, 5) is 0. The third-order valence-electron chi connectivity index (χ3n) is 5.49. The van der Waals surface area contributed by atoms with Gasteiger partial charge in [0, 0.05) is 22.5 Å². The number of aromatic nitrogens is 1. The summed E-state index contributed by atoms with van der Waals surface area (Å²) in [6.45, 7) is 0. The van der Waals surface area contributed by atoms with Crippen molar-refractivity contribution < 1.29 is 4.42 Å². The van der Waals surface area contributed by atoms with Gasteiger partial charge in [0.05, 0.1) is 22.1 Å². The standard InChI is InChI=1S/C25H17N3O/c26-19-10-3-1-7-16(19)15-27-28-20-11-5-9-18-17-8-2-4-13-22(17)29-23-14-6-12-21(28)25(23)24(18)20/h1-15,26-27H/b16-15-,26-19?. The number of para-hydroxylation sites is 1. The summed E-state index contributed by atoms with van der Waals surface area (Å²) in [5.74, 6) is 0. The molecule has 1 aliphatic rings. The summed E-state index contributed by atoms with van der Waals surface area (Å²) in [6, 6.07) is 20.6. The highest BCUT2D eigenvalue weighted by Gasteiger charge is 2.17. The number of hydrogen-bond donors (Lipinski definition) is 2. The predicted octanol–water partition coefficient (Wildman–Crippen LogP) is 6.27. The van der Waals surface area contributed by atoms with Crippen LogP contribution < -0.4 is 5.43 Å². The summed E-state index contributed by atoms with van der Waals surface area (Å²) in [5, 5.41) is 12.6. The van der Waals surface area contributed by atoms with E-state index in [1.807, 2.05) is 54.8 Å². The van der Waals surface area contributed by atoms with E-state index in [-0.39, 0.29) is 0 Å². The Kier molecular flexibility index (Phi) is 3.29. The summed E-state index contributed by atoms with van der Waals surface area (Å²) >= 11 is 0. The summed E-state index contributed by atoms with van der Waals surface area (Å²) in [6.07, 6.45) is 9.42. The molecule has 0 atom stereocenters.